The molecule has 1 amide bonds. The maximum absolute atomic E-state index is 11.6. The zero-order chi connectivity index (χ0) is 12.3. The molecule has 0 aromatic heterocycles. The number of aliphatic hydroxyl groups excluding tert-OH is 1. The van der Waals surface area contributed by atoms with E-state index in [1.165, 1.54) is 12.8 Å². The molecule has 0 aromatic rings. The molecule has 0 aliphatic carbocycles. The smallest absolute Gasteiger partial charge is 0.239 e. The molecule has 2 N–H and O–H groups in total. The van der Waals surface area contributed by atoms with Crippen LogP contribution in [-0.2, 0) is 4.79 Å². The standard InChI is InChI=1S/C12H23N3O2/c1-14-7-4-11(12(14)17)13-8-10(16)9-15-5-2-3-6-15/h10-11,13,16H,2-9H2,1H3. The van der Waals surface area contributed by atoms with Crippen LogP contribution < -0.4 is 5.32 Å². The predicted octanol–water partition coefficient (Wildman–Crippen LogP) is -0.737. The summed E-state index contributed by atoms with van der Waals surface area (Å²) in [5, 5.41) is 13.1. The molecule has 5 heteroatoms. The summed E-state index contributed by atoms with van der Waals surface area (Å²) in [5.74, 6) is 0.151. The van der Waals surface area contributed by atoms with E-state index in [0.29, 0.717) is 6.54 Å². The Labute approximate surface area is 103 Å². The molecule has 2 fully saturated rings. The highest BCUT2D eigenvalue weighted by atomic mass is 16.3. The summed E-state index contributed by atoms with van der Waals surface area (Å²) in [6.07, 6.45) is 2.97. The molecule has 2 aliphatic rings. The van der Waals surface area contributed by atoms with E-state index in [1.54, 1.807) is 4.90 Å². The van der Waals surface area contributed by atoms with E-state index in [9.17, 15) is 9.90 Å². The molecule has 0 spiro atoms. The van der Waals surface area contributed by atoms with E-state index < -0.39 is 0 Å². The molecule has 2 heterocycles. The van der Waals surface area contributed by atoms with Crippen LogP contribution in [0.25, 0.3) is 0 Å². The van der Waals surface area contributed by atoms with Gasteiger partial charge in [-0.05, 0) is 32.4 Å². The summed E-state index contributed by atoms with van der Waals surface area (Å²) in [6, 6.07) is -0.0896. The van der Waals surface area contributed by atoms with Gasteiger partial charge in [-0.15, -0.1) is 0 Å². The lowest BCUT2D eigenvalue weighted by atomic mass is 10.2. The summed E-state index contributed by atoms with van der Waals surface area (Å²) in [6.45, 7) is 4.26. The molecule has 5 nitrogen and oxygen atoms in total. The molecule has 2 aliphatic heterocycles. The minimum atomic E-state index is -0.369. The maximum atomic E-state index is 11.6. The second-order valence-electron chi connectivity index (χ2n) is 5.17. The summed E-state index contributed by atoms with van der Waals surface area (Å²) in [4.78, 5) is 15.7. The number of β-amino-alcohol motifs (C(OH)–C–C–N with tert-alkyl or cyclic N) is 1. The van der Waals surface area contributed by atoms with Crippen molar-refractivity contribution >= 4 is 5.91 Å². The molecular weight excluding hydrogens is 218 g/mol. The van der Waals surface area contributed by atoms with Gasteiger partial charge in [0.2, 0.25) is 5.91 Å². The molecule has 2 unspecified atom stereocenters. The number of carbonyl (C=O) groups excluding carboxylic acids is 1. The Morgan fingerprint density at radius 3 is 2.71 bits per heavy atom. The fourth-order valence-corrected chi connectivity index (χ4v) is 2.62. The number of likely N-dealkylation sites (N-methyl/N-ethyl adjacent to an activating group) is 1. The summed E-state index contributed by atoms with van der Waals surface area (Å²) in [7, 11) is 1.82. The lowest BCUT2D eigenvalue weighted by Crippen LogP contribution is -2.43. The molecule has 98 valence electrons. The fourth-order valence-electron chi connectivity index (χ4n) is 2.62. The lowest BCUT2D eigenvalue weighted by molar-refractivity contribution is -0.128. The van der Waals surface area contributed by atoms with Gasteiger partial charge in [0.15, 0.2) is 0 Å². The average molecular weight is 241 g/mol. The number of nitrogens with zero attached hydrogens (tertiary/aromatic N) is 2. The summed E-state index contributed by atoms with van der Waals surface area (Å²) >= 11 is 0. The number of hydrogen-bond acceptors (Lipinski definition) is 4. The molecule has 17 heavy (non-hydrogen) atoms. The SMILES string of the molecule is CN1CCC(NCC(O)CN2CCCC2)C1=O. The van der Waals surface area contributed by atoms with Crippen molar-refractivity contribution in [2.45, 2.75) is 31.4 Å². The van der Waals surface area contributed by atoms with Crippen LogP contribution in [0.15, 0.2) is 0 Å². The van der Waals surface area contributed by atoms with Gasteiger partial charge in [0, 0.05) is 26.7 Å². The lowest BCUT2D eigenvalue weighted by Gasteiger charge is -2.21. The molecule has 0 bridgehead atoms. The van der Waals surface area contributed by atoms with E-state index in [0.717, 1.165) is 32.6 Å². The van der Waals surface area contributed by atoms with Crippen LogP contribution in [0.5, 0.6) is 0 Å². The van der Waals surface area contributed by atoms with Crippen LogP contribution in [0.1, 0.15) is 19.3 Å². The molecular formula is C12H23N3O2. The molecule has 0 aromatic carbocycles. The highest BCUT2D eigenvalue weighted by Gasteiger charge is 2.29. The second-order valence-corrected chi connectivity index (χ2v) is 5.17. The number of carbonyl (C=O) groups is 1. The largest absolute Gasteiger partial charge is 0.390 e. The van der Waals surface area contributed by atoms with Crippen LogP contribution in [0, 0.1) is 0 Å². The van der Waals surface area contributed by atoms with Crippen molar-refractivity contribution in [2.75, 3.05) is 39.8 Å². The zero-order valence-corrected chi connectivity index (χ0v) is 10.6. The first-order chi connectivity index (χ1) is 8.16. The van der Waals surface area contributed by atoms with Crippen molar-refractivity contribution in [3.63, 3.8) is 0 Å². The van der Waals surface area contributed by atoms with Crippen molar-refractivity contribution in [3.05, 3.63) is 0 Å². The van der Waals surface area contributed by atoms with Gasteiger partial charge in [-0.25, -0.2) is 0 Å². The van der Waals surface area contributed by atoms with Gasteiger partial charge >= 0.3 is 0 Å². The molecule has 2 atom stereocenters. The van der Waals surface area contributed by atoms with Crippen LogP contribution in [-0.4, -0.2) is 72.7 Å². The molecule has 2 rings (SSSR count). The van der Waals surface area contributed by atoms with Gasteiger partial charge in [0.1, 0.15) is 0 Å². The van der Waals surface area contributed by atoms with Crippen molar-refractivity contribution in [1.82, 2.24) is 15.1 Å². The van der Waals surface area contributed by atoms with E-state index >= 15 is 0 Å². The molecule has 0 saturated carbocycles. The predicted molar refractivity (Wildman–Crippen MR) is 65.7 cm³/mol. The Morgan fingerprint density at radius 1 is 1.41 bits per heavy atom. The van der Waals surface area contributed by atoms with Crippen LogP contribution in [0.3, 0.4) is 0 Å². The second kappa shape index (κ2) is 5.80. The Bertz CT molecular complexity index is 266. The fraction of sp³-hybridized carbons (Fsp3) is 0.917. The zero-order valence-electron chi connectivity index (χ0n) is 10.6. The minimum Gasteiger partial charge on any atom is -0.390 e. The van der Waals surface area contributed by atoms with Gasteiger partial charge < -0.3 is 20.2 Å². The first kappa shape index (κ1) is 12.8. The maximum Gasteiger partial charge on any atom is 0.239 e. The number of nitrogens with one attached hydrogen (secondary N) is 1. The van der Waals surface area contributed by atoms with E-state index in [4.69, 9.17) is 0 Å². The number of amides is 1. The first-order valence-corrected chi connectivity index (χ1v) is 6.55. The first-order valence-electron chi connectivity index (χ1n) is 6.55. The Balaban J connectivity index is 1.65. The third-order valence-corrected chi connectivity index (χ3v) is 3.70. The highest BCUT2D eigenvalue weighted by Crippen LogP contribution is 2.09. The van der Waals surface area contributed by atoms with Crippen molar-refractivity contribution < 1.29 is 9.90 Å². The Hall–Kier alpha value is -0.650. The molecule has 2 saturated heterocycles. The summed E-state index contributed by atoms with van der Waals surface area (Å²) in [5.41, 5.74) is 0. The van der Waals surface area contributed by atoms with Gasteiger partial charge in [0.05, 0.1) is 12.1 Å². The van der Waals surface area contributed by atoms with Gasteiger partial charge in [-0.2, -0.15) is 0 Å². The third kappa shape index (κ3) is 3.40. The van der Waals surface area contributed by atoms with Crippen molar-refractivity contribution in [1.29, 1.82) is 0 Å². The number of hydrogen-bond donors (Lipinski definition) is 2. The quantitative estimate of drug-likeness (QED) is 0.666. The topological polar surface area (TPSA) is 55.8 Å². The monoisotopic (exact) mass is 241 g/mol. The highest BCUT2D eigenvalue weighted by molar-refractivity contribution is 5.83. The van der Waals surface area contributed by atoms with Gasteiger partial charge in [-0.1, -0.05) is 0 Å². The summed E-state index contributed by atoms with van der Waals surface area (Å²) < 4.78 is 0. The van der Waals surface area contributed by atoms with E-state index in [1.807, 2.05) is 7.05 Å². The van der Waals surface area contributed by atoms with Crippen LogP contribution in [0.2, 0.25) is 0 Å². The number of rotatable bonds is 5. The minimum absolute atomic E-state index is 0.0896. The molecule has 0 radical (unpaired) electrons. The normalized spacial score (nSPS) is 28.0. The van der Waals surface area contributed by atoms with Crippen molar-refractivity contribution in [3.8, 4) is 0 Å². The van der Waals surface area contributed by atoms with E-state index in [2.05, 4.69) is 10.2 Å². The Kier molecular flexibility index (Phi) is 4.36. The van der Waals surface area contributed by atoms with Crippen LogP contribution >= 0.6 is 0 Å². The third-order valence-electron chi connectivity index (χ3n) is 3.70. The van der Waals surface area contributed by atoms with Gasteiger partial charge in [-0.3, -0.25) is 4.79 Å². The van der Waals surface area contributed by atoms with Crippen LogP contribution in [0.4, 0.5) is 0 Å². The number of likely N-dealkylation sites (tertiary alicyclic amines) is 2. The number of aliphatic hydroxyl groups is 1. The van der Waals surface area contributed by atoms with Crippen molar-refractivity contribution in [2.24, 2.45) is 0 Å². The van der Waals surface area contributed by atoms with E-state index in [-0.39, 0.29) is 18.1 Å². The Morgan fingerprint density at radius 2 is 2.12 bits per heavy atom. The average Bonchev–Trinajstić information content (AvgIpc) is 2.90. The van der Waals surface area contributed by atoms with Gasteiger partial charge in [0.25, 0.3) is 0 Å².